The SMILES string of the molecule is CCCCCCCCCCC(CCCCCCCC)Cc1cc(C)sc1-c1nc2sc(-c3sc(-c4cc(CCCCCCCC)c(-c5nc6sc(-c7sc(C)cc7CCCCCCCC)nc6s5)s4)cc3CC(CCCCCCCC)CCCCCCCCCC)nc2s1. The zero-order chi connectivity index (χ0) is 66.0. The lowest BCUT2D eigenvalue weighted by Gasteiger charge is -2.17. The van der Waals surface area contributed by atoms with E-state index in [1.807, 2.05) is 90.7 Å². The predicted octanol–water partition coefficient (Wildman–Crippen LogP) is 31.7. The normalized spacial score (nSPS) is 12.7. The number of fused-ring (bicyclic) bond motifs is 2. The monoisotopic (exact) mass is 1420 g/mol. The zero-order valence-electron chi connectivity index (χ0n) is 60.5. The third kappa shape index (κ3) is 25.8. The molecular formula is C82H126N4S8. The first-order chi connectivity index (χ1) is 46.2. The first-order valence-electron chi connectivity index (χ1n) is 39.2. The number of unbranched alkanes of at least 4 members (excludes halogenated alkanes) is 34. The summed E-state index contributed by atoms with van der Waals surface area (Å²) in [6.07, 6.45) is 64.4. The fraction of sp³-hybridized carbons (Fsp3) is 0.707. The van der Waals surface area contributed by atoms with E-state index in [0.29, 0.717) is 5.92 Å². The van der Waals surface area contributed by atoms with E-state index in [-0.39, 0.29) is 0 Å². The molecule has 2 atom stereocenters. The number of hydrogen-bond acceptors (Lipinski definition) is 12. The van der Waals surface area contributed by atoms with Crippen molar-refractivity contribution in [3.05, 3.63) is 56.3 Å². The molecule has 0 saturated carbocycles. The molecule has 0 aliphatic carbocycles. The lowest BCUT2D eigenvalue weighted by Crippen LogP contribution is -2.06. The molecule has 0 fully saturated rings. The lowest BCUT2D eigenvalue weighted by molar-refractivity contribution is 0.401. The second-order valence-electron chi connectivity index (χ2n) is 28.5. The van der Waals surface area contributed by atoms with Gasteiger partial charge in [-0.3, -0.25) is 0 Å². The van der Waals surface area contributed by atoms with Crippen LogP contribution in [0, 0.1) is 25.7 Å². The van der Waals surface area contributed by atoms with Crippen molar-refractivity contribution in [3.63, 3.8) is 0 Å². The van der Waals surface area contributed by atoms with Gasteiger partial charge in [-0.1, -0.05) is 357 Å². The number of aromatic nitrogens is 4. The van der Waals surface area contributed by atoms with Gasteiger partial charge in [0.25, 0.3) is 0 Å². The molecule has 0 saturated heterocycles. The van der Waals surface area contributed by atoms with Gasteiger partial charge in [-0.2, -0.15) is 0 Å². The largest absolute Gasteiger partial charge is 0.222 e. The molecule has 2 unspecified atom stereocenters. The van der Waals surface area contributed by atoms with E-state index in [2.05, 4.69) is 79.7 Å². The van der Waals surface area contributed by atoms with Crippen LogP contribution in [0.1, 0.15) is 356 Å². The summed E-state index contributed by atoms with van der Waals surface area (Å²) in [6, 6.07) is 10.2. The van der Waals surface area contributed by atoms with E-state index in [9.17, 15) is 0 Å². The summed E-state index contributed by atoms with van der Waals surface area (Å²) in [5.41, 5.74) is 6.04. The van der Waals surface area contributed by atoms with Gasteiger partial charge in [0.2, 0.25) is 0 Å². The van der Waals surface area contributed by atoms with Crippen LogP contribution in [-0.4, -0.2) is 19.9 Å². The molecule has 8 aromatic heterocycles. The Kier molecular flexibility index (Phi) is 37.0. The van der Waals surface area contributed by atoms with Gasteiger partial charge in [0, 0.05) is 19.5 Å². The van der Waals surface area contributed by atoms with E-state index in [1.165, 1.54) is 360 Å². The number of hydrogen-bond donors (Lipinski definition) is 0. The maximum Gasteiger partial charge on any atom is 0.155 e. The fourth-order valence-corrected chi connectivity index (χ4v) is 23.5. The van der Waals surface area contributed by atoms with E-state index in [4.69, 9.17) is 19.9 Å². The number of rotatable bonds is 55. The molecule has 0 bridgehead atoms. The van der Waals surface area contributed by atoms with Crippen LogP contribution in [0.2, 0.25) is 0 Å². The highest BCUT2D eigenvalue weighted by atomic mass is 32.1. The van der Waals surface area contributed by atoms with Crippen molar-refractivity contribution >= 4 is 110 Å². The van der Waals surface area contributed by atoms with Crippen LogP contribution in [0.3, 0.4) is 0 Å². The average molecular weight is 1420 g/mol. The zero-order valence-corrected chi connectivity index (χ0v) is 67.0. The molecule has 0 N–H and O–H groups in total. The molecule has 4 nitrogen and oxygen atoms in total. The van der Waals surface area contributed by atoms with Gasteiger partial charge in [0.1, 0.15) is 20.0 Å². The highest BCUT2D eigenvalue weighted by molar-refractivity contribution is 7.34. The van der Waals surface area contributed by atoms with Gasteiger partial charge in [0.15, 0.2) is 19.3 Å². The molecule has 0 amide bonds. The van der Waals surface area contributed by atoms with Crippen molar-refractivity contribution in [2.75, 3.05) is 0 Å². The number of thiazole rings is 4. The van der Waals surface area contributed by atoms with Crippen LogP contribution < -0.4 is 0 Å². The molecule has 8 aromatic rings. The highest BCUT2D eigenvalue weighted by Gasteiger charge is 2.26. The van der Waals surface area contributed by atoms with Gasteiger partial charge in [-0.25, -0.2) is 19.9 Å². The first-order valence-corrected chi connectivity index (χ1v) is 45.8. The van der Waals surface area contributed by atoms with Crippen molar-refractivity contribution in [1.82, 2.24) is 19.9 Å². The molecule has 8 rings (SSSR count). The van der Waals surface area contributed by atoms with E-state index in [0.717, 1.165) is 49.5 Å². The summed E-state index contributed by atoms with van der Waals surface area (Å²) < 4.78 is 0. The Hall–Kier alpha value is -2.16. The van der Waals surface area contributed by atoms with Crippen molar-refractivity contribution in [3.8, 4) is 49.3 Å². The van der Waals surface area contributed by atoms with Gasteiger partial charge in [-0.15, -0.1) is 45.3 Å². The average Bonchev–Trinajstić information content (AvgIpc) is 1.62. The van der Waals surface area contributed by atoms with Crippen LogP contribution in [0.15, 0.2) is 24.3 Å². The molecule has 0 spiro atoms. The summed E-state index contributed by atoms with van der Waals surface area (Å²) in [5.74, 6) is 1.44. The summed E-state index contributed by atoms with van der Waals surface area (Å²) in [6.45, 7) is 18.6. The second-order valence-corrected chi connectivity index (χ2v) is 37.0. The van der Waals surface area contributed by atoms with Crippen LogP contribution in [-0.2, 0) is 25.7 Å². The summed E-state index contributed by atoms with van der Waals surface area (Å²) in [7, 11) is 0. The maximum atomic E-state index is 5.68. The Morgan fingerprint density at radius 3 is 0.819 bits per heavy atom. The molecule has 0 aromatic carbocycles. The molecular weight excluding hydrogens is 1300 g/mol. The number of thiophene rings is 4. The quantitative estimate of drug-likeness (QED) is 0.0357. The van der Waals surface area contributed by atoms with Crippen molar-refractivity contribution in [2.24, 2.45) is 11.8 Å². The summed E-state index contributed by atoms with van der Waals surface area (Å²) in [4.78, 5) is 37.9. The molecule has 0 aliphatic rings. The van der Waals surface area contributed by atoms with Crippen molar-refractivity contribution in [2.45, 2.75) is 364 Å². The van der Waals surface area contributed by atoms with Gasteiger partial charge in [0.05, 0.1) is 19.5 Å². The molecule has 0 aliphatic heterocycles. The Morgan fingerprint density at radius 2 is 0.489 bits per heavy atom. The Bertz CT molecular complexity index is 3210. The first kappa shape index (κ1) is 77.6. The maximum absolute atomic E-state index is 5.68. The number of aryl methyl sites for hydroxylation is 4. The fourth-order valence-electron chi connectivity index (χ4n) is 14.4. The second kappa shape index (κ2) is 44.9. The van der Waals surface area contributed by atoms with Gasteiger partial charge < -0.3 is 0 Å². The lowest BCUT2D eigenvalue weighted by atomic mass is 9.88. The van der Waals surface area contributed by atoms with Crippen LogP contribution in [0.4, 0.5) is 0 Å². The Labute approximate surface area is 605 Å². The number of nitrogens with zero attached hydrogens (tertiary/aromatic N) is 4. The predicted molar refractivity (Wildman–Crippen MR) is 431 cm³/mol. The topological polar surface area (TPSA) is 51.6 Å². The van der Waals surface area contributed by atoms with Crippen LogP contribution in [0.5, 0.6) is 0 Å². The summed E-state index contributed by atoms with van der Waals surface area (Å²) >= 11 is 15.4. The minimum Gasteiger partial charge on any atom is -0.222 e. The van der Waals surface area contributed by atoms with E-state index < -0.39 is 0 Å². The van der Waals surface area contributed by atoms with Crippen molar-refractivity contribution < 1.29 is 0 Å². The minimum absolute atomic E-state index is 0.687. The van der Waals surface area contributed by atoms with Gasteiger partial charge in [-0.05, 0) is 111 Å². The standard InChI is InChI=1S/C82H126N4S8/c1-9-15-21-27-33-35-39-45-50-63(49-43-37-29-23-17-11-3)57-67-56-62(8)88-73(67)77-85-81-82(93-77)86-78(94-81)74-68(58-64(51-44-38-30-24-18-12-4)52-46-40-36-34-28-22-16-10-2)60-70(90-74)69-59-66(54-48-42-32-26-20-14-6)72(89-69)76-84-80-79(92-76)83-75(91-80)71-65(55-61(7)87-71)53-47-41-31-25-19-13-5/h55-56,59-60,63-64H,9-54,57-58H2,1-8H3. The Balaban J connectivity index is 1.09. The minimum atomic E-state index is 0.687. The van der Waals surface area contributed by atoms with Crippen LogP contribution >= 0.6 is 90.7 Å². The van der Waals surface area contributed by atoms with E-state index in [1.54, 1.807) is 5.56 Å². The smallest absolute Gasteiger partial charge is 0.155 e. The Morgan fingerprint density at radius 1 is 0.255 bits per heavy atom. The molecule has 12 heteroatoms. The summed E-state index contributed by atoms with van der Waals surface area (Å²) in [5, 5.41) is 4.71. The van der Waals surface area contributed by atoms with Gasteiger partial charge >= 0.3 is 0 Å². The van der Waals surface area contributed by atoms with Crippen molar-refractivity contribution in [1.29, 1.82) is 0 Å². The molecule has 94 heavy (non-hydrogen) atoms. The molecule has 522 valence electrons. The molecule has 8 heterocycles. The highest BCUT2D eigenvalue weighted by Crippen LogP contribution is 2.50. The van der Waals surface area contributed by atoms with Crippen LogP contribution in [0.25, 0.3) is 68.6 Å². The third-order valence-corrected chi connectivity index (χ3v) is 29.3. The van der Waals surface area contributed by atoms with E-state index >= 15 is 0 Å². The third-order valence-electron chi connectivity index (χ3n) is 19.9. The molecule has 0 radical (unpaired) electrons.